The molecule has 0 spiro atoms. The normalized spacial score (nSPS) is 15.9. The molecule has 0 aliphatic carbocycles. The van der Waals surface area contributed by atoms with Crippen molar-refractivity contribution < 1.29 is 24.2 Å². The lowest BCUT2D eigenvalue weighted by Gasteiger charge is -2.26. The van der Waals surface area contributed by atoms with Crippen LogP contribution in [0.1, 0.15) is 5.56 Å². The lowest BCUT2D eigenvalue weighted by atomic mass is 10.1. The van der Waals surface area contributed by atoms with E-state index in [2.05, 4.69) is 21.2 Å². The maximum Gasteiger partial charge on any atom is 0.335 e. The Bertz CT molecular complexity index is 988. The molecule has 0 atom stereocenters. The average Bonchev–Trinajstić information content (AvgIpc) is 2.61. The number of halogens is 2. The van der Waals surface area contributed by atoms with E-state index in [1.165, 1.54) is 49.6 Å². The molecule has 1 aliphatic rings. The van der Waals surface area contributed by atoms with Gasteiger partial charge in [-0.25, -0.2) is 9.69 Å². The summed E-state index contributed by atoms with van der Waals surface area (Å²) in [5, 5.41) is 12.4. The largest absolute Gasteiger partial charge is 0.504 e. The number of barbiturate groups is 1. The molecule has 138 valence electrons. The van der Waals surface area contributed by atoms with Crippen LogP contribution in [0.5, 0.6) is 11.5 Å². The van der Waals surface area contributed by atoms with Gasteiger partial charge in [-0.15, -0.1) is 0 Å². The summed E-state index contributed by atoms with van der Waals surface area (Å²) >= 11 is 9.09. The summed E-state index contributed by atoms with van der Waals surface area (Å²) in [6.07, 6.45) is 1.30. The summed E-state index contributed by atoms with van der Waals surface area (Å²) in [6, 6.07) is 8.01. The molecule has 0 radical (unpaired) electrons. The van der Waals surface area contributed by atoms with Crippen LogP contribution in [0.3, 0.4) is 0 Å². The van der Waals surface area contributed by atoms with E-state index >= 15 is 0 Å². The number of aromatic hydroxyl groups is 1. The predicted octanol–water partition coefficient (Wildman–Crippen LogP) is 3.48. The highest BCUT2D eigenvalue weighted by Gasteiger charge is 2.36. The van der Waals surface area contributed by atoms with E-state index in [0.717, 1.165) is 4.90 Å². The highest BCUT2D eigenvalue weighted by Crippen LogP contribution is 2.34. The van der Waals surface area contributed by atoms with Crippen molar-refractivity contribution in [2.75, 3.05) is 12.0 Å². The zero-order chi connectivity index (χ0) is 19.7. The van der Waals surface area contributed by atoms with E-state index < -0.39 is 17.8 Å². The summed E-state index contributed by atoms with van der Waals surface area (Å²) in [5.41, 5.74) is 0.425. The smallest absolute Gasteiger partial charge is 0.335 e. The van der Waals surface area contributed by atoms with Gasteiger partial charge < -0.3 is 9.84 Å². The van der Waals surface area contributed by atoms with Crippen molar-refractivity contribution in [2.24, 2.45) is 0 Å². The number of nitrogens with one attached hydrogen (secondary N) is 1. The first-order valence-corrected chi connectivity index (χ1v) is 8.72. The minimum atomic E-state index is -0.855. The fourth-order valence-electron chi connectivity index (χ4n) is 2.47. The molecule has 27 heavy (non-hydrogen) atoms. The highest BCUT2D eigenvalue weighted by atomic mass is 79.9. The van der Waals surface area contributed by atoms with Crippen LogP contribution in [-0.4, -0.2) is 30.1 Å². The Morgan fingerprint density at radius 1 is 1.19 bits per heavy atom. The van der Waals surface area contributed by atoms with Crippen LogP contribution in [0.2, 0.25) is 5.02 Å². The molecule has 0 unspecified atom stereocenters. The Hall–Kier alpha value is -2.84. The summed E-state index contributed by atoms with van der Waals surface area (Å²) in [6.45, 7) is 0. The van der Waals surface area contributed by atoms with Gasteiger partial charge in [0.15, 0.2) is 11.5 Å². The van der Waals surface area contributed by atoms with Crippen LogP contribution in [0.15, 0.2) is 46.4 Å². The van der Waals surface area contributed by atoms with E-state index in [-0.39, 0.29) is 22.8 Å². The van der Waals surface area contributed by atoms with Crippen LogP contribution in [0.4, 0.5) is 10.5 Å². The standard InChI is InChI=1S/C18H12BrClN2O5/c1-27-15-7-9(13(19)8-14(15)23)6-12-16(24)21-18(26)22(17(12)25)11-4-2-10(20)3-5-11/h2-8,23H,1H3,(H,21,24,26)/b12-6+. The van der Waals surface area contributed by atoms with Gasteiger partial charge in [0.1, 0.15) is 5.57 Å². The number of benzene rings is 2. The van der Waals surface area contributed by atoms with Crippen molar-refractivity contribution >= 4 is 57.1 Å². The van der Waals surface area contributed by atoms with Gasteiger partial charge in [-0.05, 0) is 48.0 Å². The second-order valence-electron chi connectivity index (χ2n) is 5.48. The monoisotopic (exact) mass is 450 g/mol. The van der Waals surface area contributed by atoms with Gasteiger partial charge in [-0.3, -0.25) is 14.9 Å². The van der Waals surface area contributed by atoms with Crippen molar-refractivity contribution in [3.8, 4) is 11.5 Å². The maximum absolute atomic E-state index is 12.8. The molecule has 0 bridgehead atoms. The van der Waals surface area contributed by atoms with Crippen molar-refractivity contribution in [3.05, 3.63) is 57.0 Å². The van der Waals surface area contributed by atoms with Gasteiger partial charge in [0.05, 0.1) is 12.8 Å². The van der Waals surface area contributed by atoms with Crippen LogP contribution >= 0.6 is 27.5 Å². The molecule has 0 aromatic heterocycles. The topological polar surface area (TPSA) is 95.9 Å². The highest BCUT2D eigenvalue weighted by molar-refractivity contribution is 9.10. The zero-order valence-corrected chi connectivity index (χ0v) is 16.2. The number of carbonyl (C=O) groups is 3. The fourth-order valence-corrected chi connectivity index (χ4v) is 3.04. The quantitative estimate of drug-likeness (QED) is 0.550. The number of phenolic OH excluding ortho intramolecular Hbond substituents is 1. The predicted molar refractivity (Wildman–Crippen MR) is 103 cm³/mol. The molecule has 0 saturated carbocycles. The number of amides is 4. The minimum Gasteiger partial charge on any atom is -0.504 e. The van der Waals surface area contributed by atoms with Crippen LogP contribution in [-0.2, 0) is 9.59 Å². The van der Waals surface area contributed by atoms with Gasteiger partial charge in [0.2, 0.25) is 0 Å². The second-order valence-corrected chi connectivity index (χ2v) is 6.77. The van der Waals surface area contributed by atoms with Crippen LogP contribution in [0.25, 0.3) is 6.08 Å². The number of ether oxygens (including phenoxy) is 1. The first-order valence-electron chi connectivity index (χ1n) is 7.55. The number of urea groups is 1. The first-order chi connectivity index (χ1) is 12.8. The second kappa shape index (κ2) is 7.42. The Balaban J connectivity index is 2.06. The average molecular weight is 452 g/mol. The van der Waals surface area contributed by atoms with Crippen molar-refractivity contribution in [3.63, 3.8) is 0 Å². The van der Waals surface area contributed by atoms with Crippen LogP contribution < -0.4 is 15.0 Å². The molecule has 2 aromatic carbocycles. The summed E-state index contributed by atoms with van der Waals surface area (Å²) < 4.78 is 5.47. The number of hydrogen-bond donors (Lipinski definition) is 2. The fraction of sp³-hybridized carbons (Fsp3) is 0.0556. The number of nitrogens with zero attached hydrogens (tertiary/aromatic N) is 1. The van der Waals surface area contributed by atoms with E-state index in [1.807, 2.05) is 0 Å². The zero-order valence-electron chi connectivity index (χ0n) is 13.8. The molecule has 7 nitrogen and oxygen atoms in total. The molecule has 3 rings (SSSR count). The molecule has 4 amide bonds. The van der Waals surface area contributed by atoms with Gasteiger partial charge >= 0.3 is 6.03 Å². The number of rotatable bonds is 3. The maximum atomic E-state index is 12.8. The van der Waals surface area contributed by atoms with Crippen molar-refractivity contribution in [2.45, 2.75) is 0 Å². The number of carbonyl (C=O) groups excluding carboxylic acids is 3. The lowest BCUT2D eigenvalue weighted by Crippen LogP contribution is -2.54. The van der Waals surface area contributed by atoms with Gasteiger partial charge in [0.25, 0.3) is 11.8 Å². The Morgan fingerprint density at radius 3 is 2.48 bits per heavy atom. The number of imide groups is 2. The molecule has 1 saturated heterocycles. The third-order valence-electron chi connectivity index (χ3n) is 3.78. The third kappa shape index (κ3) is 3.67. The number of methoxy groups -OCH3 is 1. The summed E-state index contributed by atoms with van der Waals surface area (Å²) in [7, 11) is 1.37. The first kappa shape index (κ1) is 18.9. The van der Waals surface area contributed by atoms with E-state index in [9.17, 15) is 19.5 Å². The van der Waals surface area contributed by atoms with Gasteiger partial charge in [-0.2, -0.15) is 0 Å². The van der Waals surface area contributed by atoms with Crippen molar-refractivity contribution in [1.29, 1.82) is 0 Å². The minimum absolute atomic E-state index is 0.107. The summed E-state index contributed by atoms with van der Waals surface area (Å²) in [5.74, 6) is -1.55. The Labute approximate surface area is 167 Å². The Kier molecular flexibility index (Phi) is 5.20. The third-order valence-corrected chi connectivity index (χ3v) is 4.72. The van der Waals surface area contributed by atoms with E-state index in [0.29, 0.717) is 15.1 Å². The molecule has 1 fully saturated rings. The van der Waals surface area contributed by atoms with Gasteiger partial charge in [0, 0.05) is 9.50 Å². The van der Waals surface area contributed by atoms with E-state index in [4.69, 9.17) is 16.3 Å². The van der Waals surface area contributed by atoms with Gasteiger partial charge in [-0.1, -0.05) is 27.5 Å². The Morgan fingerprint density at radius 2 is 1.85 bits per heavy atom. The molecular weight excluding hydrogens is 440 g/mol. The van der Waals surface area contributed by atoms with Crippen LogP contribution in [0, 0.1) is 0 Å². The molecule has 9 heteroatoms. The molecule has 1 heterocycles. The summed E-state index contributed by atoms with van der Waals surface area (Å²) in [4.78, 5) is 38.0. The number of phenols is 1. The number of hydrogen-bond acceptors (Lipinski definition) is 5. The lowest BCUT2D eigenvalue weighted by molar-refractivity contribution is -0.122. The molecule has 2 aromatic rings. The molecular formula is C18H12BrClN2O5. The molecule has 2 N–H and O–H groups in total. The van der Waals surface area contributed by atoms with E-state index in [1.54, 1.807) is 0 Å². The van der Waals surface area contributed by atoms with Crippen molar-refractivity contribution in [1.82, 2.24) is 5.32 Å². The molecule has 1 aliphatic heterocycles. The SMILES string of the molecule is COc1cc(/C=C2\C(=O)NC(=O)N(c3ccc(Cl)cc3)C2=O)c(Br)cc1O. The number of anilines is 1.